The molecule has 0 aliphatic rings. The molecule has 0 bridgehead atoms. The van der Waals surface area contributed by atoms with Crippen molar-refractivity contribution < 1.29 is 13.3 Å². The van der Waals surface area contributed by atoms with Crippen LogP contribution in [0.2, 0.25) is 0 Å². The zero-order valence-corrected chi connectivity index (χ0v) is 7.62. The van der Waals surface area contributed by atoms with E-state index in [1.165, 1.54) is 0 Å². The molecular formula is C5H7ClNO3S-. The summed E-state index contributed by atoms with van der Waals surface area (Å²) in [5.74, 6) is 0.339. The Labute approximate surface area is 72.7 Å². The van der Waals surface area contributed by atoms with E-state index in [0.717, 1.165) is 0 Å². The lowest BCUT2D eigenvalue weighted by Crippen LogP contribution is -1.91. The summed E-state index contributed by atoms with van der Waals surface area (Å²) >= 11 is -2.23. The number of hydrogen-bond acceptors (Lipinski definition) is 4. The highest BCUT2D eigenvalue weighted by molar-refractivity contribution is 7.79. The number of aromatic nitrogens is 1. The molecule has 4 nitrogen and oxygen atoms in total. The number of aryl methyl sites for hydroxylation is 2. The van der Waals surface area contributed by atoms with Crippen LogP contribution in [-0.4, -0.2) is 13.9 Å². The van der Waals surface area contributed by atoms with Gasteiger partial charge in [0.15, 0.2) is 0 Å². The molecule has 0 saturated heterocycles. The maximum Gasteiger partial charge on any atom is 0.148 e. The van der Waals surface area contributed by atoms with Gasteiger partial charge < -0.3 is 9.08 Å². The van der Waals surface area contributed by atoms with E-state index in [-0.39, 0.29) is 17.3 Å². The molecule has 1 atom stereocenters. The maximum absolute atomic E-state index is 10.4. The third-order valence-corrected chi connectivity index (χ3v) is 2.05. The minimum Gasteiger partial charge on any atom is -0.768 e. The predicted molar refractivity (Wildman–Crippen MR) is 40.4 cm³/mol. The van der Waals surface area contributed by atoms with Crippen LogP contribution in [0.1, 0.15) is 11.5 Å². The zero-order chi connectivity index (χ0) is 7.72. The van der Waals surface area contributed by atoms with Gasteiger partial charge in [-0.2, -0.15) is 0 Å². The van der Waals surface area contributed by atoms with Crippen LogP contribution in [-0.2, 0) is 11.1 Å². The molecule has 0 spiro atoms. The third kappa shape index (κ3) is 2.02. The molecule has 0 N–H and O–H groups in total. The Morgan fingerprint density at radius 1 is 1.55 bits per heavy atom. The van der Waals surface area contributed by atoms with Crippen LogP contribution in [0, 0.1) is 13.8 Å². The molecule has 0 aliphatic heterocycles. The van der Waals surface area contributed by atoms with Gasteiger partial charge in [0.2, 0.25) is 0 Å². The highest BCUT2D eigenvalue weighted by Gasteiger charge is 2.07. The molecule has 1 heterocycles. The summed E-state index contributed by atoms with van der Waals surface area (Å²) in [6.45, 7) is 3.15. The molecule has 1 aromatic rings. The Bertz CT molecular complexity index is 253. The van der Waals surface area contributed by atoms with Gasteiger partial charge >= 0.3 is 0 Å². The fourth-order valence-electron chi connectivity index (χ4n) is 0.713. The number of rotatable bonds is 1. The van der Waals surface area contributed by atoms with Gasteiger partial charge in [0.05, 0.1) is 10.6 Å². The van der Waals surface area contributed by atoms with Crippen LogP contribution >= 0.6 is 12.4 Å². The van der Waals surface area contributed by atoms with Crippen LogP contribution in [0.5, 0.6) is 0 Å². The van der Waals surface area contributed by atoms with Crippen molar-refractivity contribution in [2.75, 3.05) is 0 Å². The SMILES string of the molecule is Cc1noc(C)c1S(=O)[O-].Cl. The van der Waals surface area contributed by atoms with E-state index < -0.39 is 11.1 Å². The minimum atomic E-state index is -2.23. The topological polar surface area (TPSA) is 66.2 Å². The van der Waals surface area contributed by atoms with Crippen molar-refractivity contribution in [3.63, 3.8) is 0 Å². The Morgan fingerprint density at radius 2 is 2.09 bits per heavy atom. The molecule has 0 amide bonds. The normalized spacial score (nSPS) is 12.3. The van der Waals surface area contributed by atoms with Gasteiger partial charge in [-0.05, 0) is 24.9 Å². The van der Waals surface area contributed by atoms with Gasteiger partial charge in [0.1, 0.15) is 5.76 Å². The first-order valence-electron chi connectivity index (χ1n) is 2.65. The van der Waals surface area contributed by atoms with E-state index in [9.17, 15) is 8.76 Å². The largest absolute Gasteiger partial charge is 0.768 e. The fraction of sp³-hybridized carbons (Fsp3) is 0.400. The molecule has 1 rings (SSSR count). The van der Waals surface area contributed by atoms with Gasteiger partial charge in [0.25, 0.3) is 0 Å². The van der Waals surface area contributed by atoms with Gasteiger partial charge in [-0.15, -0.1) is 12.4 Å². The van der Waals surface area contributed by atoms with Crippen molar-refractivity contribution in [1.82, 2.24) is 5.16 Å². The Kier molecular flexibility index (Phi) is 3.71. The lowest BCUT2D eigenvalue weighted by Gasteiger charge is -2.00. The van der Waals surface area contributed by atoms with Crippen molar-refractivity contribution in [2.45, 2.75) is 18.7 Å². The van der Waals surface area contributed by atoms with E-state index in [0.29, 0.717) is 11.5 Å². The standard InChI is InChI=1S/C5H7NO3S.ClH/c1-3-5(10(7)8)4(2)9-6-3;/h1-2H3,(H,7,8);1H/p-1. The van der Waals surface area contributed by atoms with Crippen molar-refractivity contribution in [3.05, 3.63) is 11.5 Å². The lowest BCUT2D eigenvalue weighted by molar-refractivity contribution is 0.390. The molecule has 11 heavy (non-hydrogen) atoms. The first-order chi connectivity index (χ1) is 4.63. The van der Waals surface area contributed by atoms with E-state index in [1.807, 2.05) is 0 Å². The van der Waals surface area contributed by atoms with Gasteiger partial charge in [-0.25, -0.2) is 0 Å². The second-order valence-corrected chi connectivity index (χ2v) is 2.77. The maximum atomic E-state index is 10.4. The fourth-order valence-corrected chi connectivity index (χ4v) is 1.26. The molecule has 0 aromatic carbocycles. The van der Waals surface area contributed by atoms with Crippen molar-refractivity contribution in [1.29, 1.82) is 0 Å². The van der Waals surface area contributed by atoms with Crippen molar-refractivity contribution in [2.24, 2.45) is 0 Å². The van der Waals surface area contributed by atoms with Gasteiger partial charge in [-0.3, -0.25) is 4.21 Å². The molecule has 1 aromatic heterocycles. The summed E-state index contributed by atoms with van der Waals surface area (Å²) in [6, 6.07) is 0. The summed E-state index contributed by atoms with van der Waals surface area (Å²) in [5.41, 5.74) is 0.408. The number of hydrogen-bond donors (Lipinski definition) is 0. The summed E-state index contributed by atoms with van der Waals surface area (Å²) < 4.78 is 25.4. The van der Waals surface area contributed by atoms with Gasteiger partial charge in [-0.1, -0.05) is 5.16 Å². The van der Waals surface area contributed by atoms with Crippen molar-refractivity contribution in [3.8, 4) is 0 Å². The molecule has 0 radical (unpaired) electrons. The lowest BCUT2D eigenvalue weighted by atomic mass is 10.4. The number of halogens is 1. The first-order valence-corrected chi connectivity index (χ1v) is 3.72. The summed E-state index contributed by atoms with van der Waals surface area (Å²) in [4.78, 5) is 0.167. The highest BCUT2D eigenvalue weighted by Crippen LogP contribution is 2.14. The van der Waals surface area contributed by atoms with E-state index in [2.05, 4.69) is 9.68 Å². The van der Waals surface area contributed by atoms with E-state index in [1.54, 1.807) is 13.8 Å². The average Bonchev–Trinajstić information content (AvgIpc) is 2.11. The van der Waals surface area contributed by atoms with Crippen molar-refractivity contribution >= 4 is 23.5 Å². The van der Waals surface area contributed by atoms with Crippen LogP contribution in [0.4, 0.5) is 0 Å². The highest BCUT2D eigenvalue weighted by atomic mass is 35.5. The van der Waals surface area contributed by atoms with Crippen LogP contribution in [0.3, 0.4) is 0 Å². The summed E-state index contributed by atoms with van der Waals surface area (Å²) in [5, 5.41) is 3.47. The summed E-state index contributed by atoms with van der Waals surface area (Å²) in [7, 11) is 0. The smallest absolute Gasteiger partial charge is 0.148 e. The molecule has 0 aliphatic carbocycles. The Morgan fingerprint density at radius 3 is 2.27 bits per heavy atom. The first kappa shape index (κ1) is 10.6. The van der Waals surface area contributed by atoms with Gasteiger partial charge in [0, 0.05) is 0 Å². The second kappa shape index (κ2) is 3.85. The predicted octanol–water partition coefficient (Wildman–Crippen LogP) is 0.951. The molecule has 1 unspecified atom stereocenters. The third-order valence-electron chi connectivity index (χ3n) is 1.13. The van der Waals surface area contributed by atoms with Crippen LogP contribution in [0.25, 0.3) is 0 Å². The Balaban J connectivity index is 0.000001000. The van der Waals surface area contributed by atoms with Crippen LogP contribution in [0.15, 0.2) is 9.42 Å². The molecule has 0 fully saturated rings. The van der Waals surface area contributed by atoms with Crippen LogP contribution < -0.4 is 0 Å². The molecule has 64 valence electrons. The zero-order valence-electron chi connectivity index (χ0n) is 5.99. The minimum absolute atomic E-state index is 0. The molecular weight excluding hydrogens is 190 g/mol. The van der Waals surface area contributed by atoms with E-state index in [4.69, 9.17) is 0 Å². The monoisotopic (exact) mass is 196 g/mol. The van der Waals surface area contributed by atoms with E-state index >= 15 is 0 Å². The quantitative estimate of drug-likeness (QED) is 0.628. The second-order valence-electron chi connectivity index (χ2n) is 1.89. The molecule has 0 saturated carbocycles. The molecule has 6 heteroatoms. The average molecular weight is 197 g/mol. The Hall–Kier alpha value is -0.390. The summed E-state index contributed by atoms with van der Waals surface area (Å²) in [6.07, 6.45) is 0. The number of nitrogens with zero attached hydrogens (tertiary/aromatic N) is 1.